The summed E-state index contributed by atoms with van der Waals surface area (Å²) in [6.45, 7) is 2.54. The second-order valence-corrected chi connectivity index (χ2v) is 8.07. The molecule has 0 aliphatic carbocycles. The number of rotatable bonds is 7. The van der Waals surface area contributed by atoms with Crippen molar-refractivity contribution in [2.75, 3.05) is 38.2 Å². The summed E-state index contributed by atoms with van der Waals surface area (Å²) >= 11 is 0. The lowest BCUT2D eigenvalue weighted by atomic mass is 10.1. The Balaban J connectivity index is 1.43. The van der Waals surface area contributed by atoms with Crippen LogP contribution in [0.3, 0.4) is 0 Å². The van der Waals surface area contributed by atoms with E-state index < -0.39 is 0 Å². The average molecular weight is 472 g/mol. The zero-order valence-corrected chi connectivity index (χ0v) is 19.5. The average Bonchev–Trinajstić information content (AvgIpc) is 2.91. The highest BCUT2D eigenvalue weighted by molar-refractivity contribution is 6.01. The number of halogens is 1. The van der Waals surface area contributed by atoms with E-state index in [9.17, 15) is 14.4 Å². The number of benzene rings is 3. The quantitative estimate of drug-likeness (QED) is 0.370. The summed E-state index contributed by atoms with van der Waals surface area (Å²) in [5, 5.41) is 9.67. The number of carbonyl (C=O) groups is 1. The van der Waals surface area contributed by atoms with E-state index in [-0.39, 0.29) is 23.9 Å². The van der Waals surface area contributed by atoms with E-state index >= 15 is 0 Å². The molecule has 0 unspecified atom stereocenters. The van der Waals surface area contributed by atoms with Gasteiger partial charge in [-0.05, 0) is 42.0 Å². The second-order valence-electron chi connectivity index (χ2n) is 8.07. The fraction of sp³-hybridized carbons (Fsp3) is 0.214. The van der Waals surface area contributed by atoms with Crippen molar-refractivity contribution < 1.29 is 18.7 Å². The smallest absolute Gasteiger partial charge is 0.264 e. The first-order valence-corrected chi connectivity index (χ1v) is 11.3. The summed E-state index contributed by atoms with van der Waals surface area (Å²) < 4.78 is 25.0. The number of hydrogen-bond acceptors (Lipinski definition) is 5. The van der Waals surface area contributed by atoms with Gasteiger partial charge >= 0.3 is 0 Å². The predicted molar refractivity (Wildman–Crippen MR) is 133 cm³/mol. The van der Waals surface area contributed by atoms with Crippen molar-refractivity contribution in [3.05, 3.63) is 95.3 Å². The Morgan fingerprint density at radius 3 is 2.40 bits per heavy atom. The molecule has 0 saturated carbocycles. The second kappa shape index (κ2) is 11.2. The molecule has 1 saturated heterocycles. The van der Waals surface area contributed by atoms with Gasteiger partial charge in [-0.2, -0.15) is 5.26 Å². The van der Waals surface area contributed by atoms with Gasteiger partial charge in [0.25, 0.3) is 5.91 Å². The number of para-hydroxylation sites is 1. The molecule has 1 aliphatic rings. The van der Waals surface area contributed by atoms with Crippen molar-refractivity contribution in [2.45, 2.75) is 6.61 Å². The van der Waals surface area contributed by atoms with Gasteiger partial charge in [-0.15, -0.1) is 0 Å². The molecule has 3 aromatic carbocycles. The number of amides is 1. The van der Waals surface area contributed by atoms with Gasteiger partial charge in [0.15, 0.2) is 11.5 Å². The van der Waals surface area contributed by atoms with E-state index in [0.29, 0.717) is 48.8 Å². The minimum Gasteiger partial charge on any atom is -0.493 e. The maximum Gasteiger partial charge on any atom is 0.264 e. The Bertz CT molecular complexity index is 1250. The summed E-state index contributed by atoms with van der Waals surface area (Å²) in [6, 6.07) is 23.6. The first kappa shape index (κ1) is 23.8. The fourth-order valence-corrected chi connectivity index (χ4v) is 3.95. The first-order valence-electron chi connectivity index (χ1n) is 11.3. The highest BCUT2D eigenvalue weighted by Gasteiger charge is 2.24. The van der Waals surface area contributed by atoms with Crippen LogP contribution >= 0.6 is 0 Å². The van der Waals surface area contributed by atoms with Crippen molar-refractivity contribution in [3.63, 3.8) is 0 Å². The van der Waals surface area contributed by atoms with Crippen molar-refractivity contribution in [2.24, 2.45) is 0 Å². The number of methoxy groups -OCH3 is 1. The molecule has 0 spiro atoms. The topological polar surface area (TPSA) is 65.8 Å². The van der Waals surface area contributed by atoms with Crippen LogP contribution in [0.2, 0.25) is 0 Å². The van der Waals surface area contributed by atoms with Gasteiger partial charge in [0.05, 0.1) is 7.11 Å². The zero-order chi connectivity index (χ0) is 24.6. The van der Waals surface area contributed by atoms with Crippen LogP contribution in [0.1, 0.15) is 11.1 Å². The monoisotopic (exact) mass is 471 g/mol. The van der Waals surface area contributed by atoms with Crippen LogP contribution in [0.4, 0.5) is 10.1 Å². The standard InChI is InChI=1S/C28H26FN3O3/c1-34-27-18-21(11-12-26(27)35-20-22-7-5-6-10-25(22)29)17-23(19-30)28(33)32-15-13-31(14-16-32)24-8-3-2-4-9-24/h2-12,17-18H,13-16,20H2,1H3/b23-17-. The van der Waals surface area contributed by atoms with Gasteiger partial charge in [0.1, 0.15) is 24.1 Å². The zero-order valence-electron chi connectivity index (χ0n) is 19.5. The van der Waals surface area contributed by atoms with Gasteiger partial charge in [-0.25, -0.2) is 4.39 Å². The summed E-state index contributed by atoms with van der Waals surface area (Å²) in [7, 11) is 1.50. The lowest BCUT2D eigenvalue weighted by Crippen LogP contribution is -2.49. The van der Waals surface area contributed by atoms with Gasteiger partial charge in [-0.3, -0.25) is 4.79 Å². The molecule has 35 heavy (non-hydrogen) atoms. The van der Waals surface area contributed by atoms with Gasteiger partial charge in [-0.1, -0.05) is 42.5 Å². The Kier molecular flexibility index (Phi) is 7.63. The van der Waals surface area contributed by atoms with Crippen molar-refractivity contribution in [3.8, 4) is 17.6 Å². The van der Waals surface area contributed by atoms with E-state index in [2.05, 4.69) is 17.0 Å². The minimum absolute atomic E-state index is 0.0507. The normalized spacial score (nSPS) is 13.8. The van der Waals surface area contributed by atoms with Crippen LogP contribution in [0, 0.1) is 17.1 Å². The SMILES string of the molecule is COc1cc(/C=C(/C#N)C(=O)N2CCN(c3ccccc3)CC2)ccc1OCc1ccccc1F. The Hall–Kier alpha value is -4.31. The largest absolute Gasteiger partial charge is 0.493 e. The number of nitrogens with zero attached hydrogens (tertiary/aromatic N) is 3. The molecular weight excluding hydrogens is 445 g/mol. The molecule has 178 valence electrons. The third-order valence-electron chi connectivity index (χ3n) is 5.88. The first-order chi connectivity index (χ1) is 17.1. The molecule has 1 fully saturated rings. The molecule has 0 radical (unpaired) electrons. The van der Waals surface area contributed by atoms with Gasteiger partial charge in [0.2, 0.25) is 0 Å². The molecule has 6 nitrogen and oxygen atoms in total. The number of hydrogen-bond donors (Lipinski definition) is 0. The van der Waals surface area contributed by atoms with Crippen molar-refractivity contribution in [1.29, 1.82) is 5.26 Å². The Morgan fingerprint density at radius 2 is 1.71 bits per heavy atom. The van der Waals surface area contributed by atoms with E-state index in [1.165, 1.54) is 13.2 Å². The molecule has 1 heterocycles. The van der Waals surface area contributed by atoms with Gasteiger partial charge < -0.3 is 19.3 Å². The van der Waals surface area contributed by atoms with E-state index in [1.807, 2.05) is 24.3 Å². The number of piperazine rings is 1. The Morgan fingerprint density at radius 1 is 1.00 bits per heavy atom. The number of nitriles is 1. The van der Waals surface area contributed by atoms with Crippen LogP contribution in [-0.4, -0.2) is 44.1 Å². The number of carbonyl (C=O) groups excluding carboxylic acids is 1. The third kappa shape index (κ3) is 5.79. The summed E-state index contributed by atoms with van der Waals surface area (Å²) in [5.41, 5.74) is 2.25. The van der Waals surface area contributed by atoms with Crippen LogP contribution in [0.15, 0.2) is 78.4 Å². The lowest BCUT2D eigenvalue weighted by Gasteiger charge is -2.36. The summed E-state index contributed by atoms with van der Waals surface area (Å²) in [6.07, 6.45) is 1.55. The van der Waals surface area contributed by atoms with Gasteiger partial charge in [0, 0.05) is 37.4 Å². The van der Waals surface area contributed by atoms with E-state index in [0.717, 1.165) is 5.69 Å². The molecule has 1 aliphatic heterocycles. The Labute approximate surface area is 204 Å². The van der Waals surface area contributed by atoms with Crippen LogP contribution in [-0.2, 0) is 11.4 Å². The predicted octanol–water partition coefficient (Wildman–Crippen LogP) is 4.67. The molecule has 0 N–H and O–H groups in total. The highest BCUT2D eigenvalue weighted by atomic mass is 19.1. The maximum absolute atomic E-state index is 13.9. The van der Waals surface area contributed by atoms with Crippen molar-refractivity contribution in [1.82, 2.24) is 4.90 Å². The molecule has 4 rings (SSSR count). The van der Waals surface area contributed by atoms with Crippen LogP contribution in [0.25, 0.3) is 6.08 Å². The minimum atomic E-state index is -0.340. The molecule has 0 bridgehead atoms. The van der Waals surface area contributed by atoms with Crippen LogP contribution < -0.4 is 14.4 Å². The lowest BCUT2D eigenvalue weighted by molar-refractivity contribution is -0.126. The molecule has 1 amide bonds. The van der Waals surface area contributed by atoms with Crippen LogP contribution in [0.5, 0.6) is 11.5 Å². The molecule has 0 atom stereocenters. The highest BCUT2D eigenvalue weighted by Crippen LogP contribution is 2.30. The van der Waals surface area contributed by atoms with E-state index in [4.69, 9.17) is 9.47 Å². The number of ether oxygens (including phenoxy) is 2. The summed E-state index contributed by atoms with van der Waals surface area (Å²) in [5.74, 6) is 0.234. The maximum atomic E-state index is 13.9. The van der Waals surface area contributed by atoms with Crippen molar-refractivity contribution >= 4 is 17.7 Å². The summed E-state index contributed by atoms with van der Waals surface area (Å²) in [4.78, 5) is 16.9. The van der Waals surface area contributed by atoms with E-state index in [1.54, 1.807) is 47.4 Å². The molecular formula is C28H26FN3O3. The molecule has 3 aromatic rings. The number of anilines is 1. The molecule has 7 heteroatoms. The molecule has 0 aromatic heterocycles. The third-order valence-corrected chi connectivity index (χ3v) is 5.88. The fourth-order valence-electron chi connectivity index (χ4n) is 3.95.